The highest BCUT2D eigenvalue weighted by Gasteiger charge is 1.93. The van der Waals surface area contributed by atoms with Crippen LogP contribution in [0, 0.1) is 6.92 Å². The van der Waals surface area contributed by atoms with Gasteiger partial charge >= 0.3 is 0 Å². The quantitative estimate of drug-likeness (QED) is 0.188. The van der Waals surface area contributed by atoms with Crippen LogP contribution in [-0.2, 0) is 0 Å². The standard InChI is InChI=1S/C21H41/c1-3-5-7-9-11-13-15-17-19-21-20-18-16-14-12-10-8-6-4-2/h6,8H,1,3-5,7,9-21H2,2H3. The molecule has 0 spiro atoms. The molecule has 0 aliphatic carbocycles. The maximum Gasteiger partial charge on any atom is -0.0351 e. The van der Waals surface area contributed by atoms with Crippen LogP contribution in [0.4, 0.5) is 0 Å². The largest absolute Gasteiger partial charge is 0.0888 e. The van der Waals surface area contributed by atoms with Crippen molar-refractivity contribution in [3.8, 4) is 0 Å². The van der Waals surface area contributed by atoms with Gasteiger partial charge in [-0.3, -0.25) is 0 Å². The van der Waals surface area contributed by atoms with Gasteiger partial charge in [-0.1, -0.05) is 116 Å². The second-order valence-corrected chi connectivity index (χ2v) is 6.47. The molecule has 21 heavy (non-hydrogen) atoms. The minimum Gasteiger partial charge on any atom is -0.0888 e. The van der Waals surface area contributed by atoms with Gasteiger partial charge in [0.1, 0.15) is 0 Å². The van der Waals surface area contributed by atoms with Crippen molar-refractivity contribution in [3.63, 3.8) is 0 Å². The van der Waals surface area contributed by atoms with Gasteiger partial charge in [0, 0.05) is 0 Å². The van der Waals surface area contributed by atoms with E-state index in [1.54, 1.807) is 0 Å². The first-order chi connectivity index (χ1) is 10.4. The van der Waals surface area contributed by atoms with E-state index in [4.69, 9.17) is 0 Å². The maximum atomic E-state index is 3.89. The molecular weight excluding hydrogens is 252 g/mol. The van der Waals surface area contributed by atoms with Gasteiger partial charge in [-0.2, -0.15) is 0 Å². The average molecular weight is 294 g/mol. The summed E-state index contributed by atoms with van der Waals surface area (Å²) in [5.74, 6) is 0. The van der Waals surface area contributed by atoms with E-state index in [2.05, 4.69) is 26.0 Å². The second kappa shape index (κ2) is 19.7. The molecule has 0 aliphatic heterocycles. The maximum absolute atomic E-state index is 3.89. The molecule has 0 N–H and O–H groups in total. The minimum absolute atomic E-state index is 1.12. The lowest BCUT2D eigenvalue weighted by Gasteiger charge is -2.03. The molecule has 0 rings (SSSR count). The zero-order chi connectivity index (χ0) is 15.4. The van der Waals surface area contributed by atoms with Crippen molar-refractivity contribution in [2.24, 2.45) is 0 Å². The molecule has 0 saturated heterocycles. The number of allylic oxidation sites excluding steroid dienone is 2. The fraction of sp³-hybridized carbons (Fsp3) is 0.857. The Morgan fingerprint density at radius 1 is 0.524 bits per heavy atom. The van der Waals surface area contributed by atoms with Crippen LogP contribution >= 0.6 is 0 Å². The Hall–Kier alpha value is -0.260. The van der Waals surface area contributed by atoms with Gasteiger partial charge in [0.15, 0.2) is 0 Å². The summed E-state index contributed by atoms with van der Waals surface area (Å²) in [6, 6.07) is 0. The van der Waals surface area contributed by atoms with E-state index in [9.17, 15) is 0 Å². The summed E-state index contributed by atoms with van der Waals surface area (Å²) in [7, 11) is 0. The van der Waals surface area contributed by atoms with E-state index < -0.39 is 0 Å². The van der Waals surface area contributed by atoms with Gasteiger partial charge in [-0.05, 0) is 19.3 Å². The molecule has 0 aliphatic rings. The third-order valence-electron chi connectivity index (χ3n) is 4.27. The van der Waals surface area contributed by atoms with E-state index in [0.29, 0.717) is 0 Å². The third kappa shape index (κ3) is 19.7. The van der Waals surface area contributed by atoms with E-state index in [1.165, 1.54) is 103 Å². The van der Waals surface area contributed by atoms with Crippen LogP contribution in [0.5, 0.6) is 0 Å². The van der Waals surface area contributed by atoms with Crippen molar-refractivity contribution < 1.29 is 0 Å². The molecular formula is C21H41. The lowest BCUT2D eigenvalue weighted by atomic mass is 10.0. The summed E-state index contributed by atoms with van der Waals surface area (Å²) >= 11 is 0. The number of hydrogen-bond donors (Lipinski definition) is 0. The highest BCUT2D eigenvalue weighted by molar-refractivity contribution is 4.79. The van der Waals surface area contributed by atoms with Crippen molar-refractivity contribution in [1.29, 1.82) is 0 Å². The Kier molecular flexibility index (Phi) is 19.5. The molecule has 0 aromatic rings. The summed E-state index contributed by atoms with van der Waals surface area (Å²) in [5.41, 5.74) is 0. The molecule has 0 unspecified atom stereocenters. The fourth-order valence-electron chi connectivity index (χ4n) is 2.84. The number of rotatable bonds is 17. The van der Waals surface area contributed by atoms with Gasteiger partial charge in [0.2, 0.25) is 0 Å². The Morgan fingerprint density at radius 2 is 0.905 bits per heavy atom. The van der Waals surface area contributed by atoms with Crippen LogP contribution in [0.25, 0.3) is 0 Å². The molecule has 0 amide bonds. The van der Waals surface area contributed by atoms with Crippen LogP contribution in [0.3, 0.4) is 0 Å². The lowest BCUT2D eigenvalue weighted by molar-refractivity contribution is 0.534. The van der Waals surface area contributed by atoms with Crippen molar-refractivity contribution in [2.75, 3.05) is 0 Å². The Morgan fingerprint density at radius 3 is 1.29 bits per heavy atom. The molecule has 0 atom stereocenters. The normalized spacial score (nSPS) is 11.5. The number of hydrogen-bond acceptors (Lipinski definition) is 0. The molecule has 0 bridgehead atoms. The Bertz CT molecular complexity index is 192. The van der Waals surface area contributed by atoms with Gasteiger partial charge < -0.3 is 0 Å². The molecule has 125 valence electrons. The average Bonchev–Trinajstić information content (AvgIpc) is 2.50. The van der Waals surface area contributed by atoms with E-state index in [-0.39, 0.29) is 0 Å². The molecule has 0 nitrogen and oxygen atoms in total. The zero-order valence-electron chi connectivity index (χ0n) is 14.9. The number of unbranched alkanes of at least 4 members (excludes halogenated alkanes) is 15. The van der Waals surface area contributed by atoms with Crippen molar-refractivity contribution in [3.05, 3.63) is 19.1 Å². The van der Waals surface area contributed by atoms with Crippen LogP contribution < -0.4 is 0 Å². The molecule has 0 heterocycles. The highest BCUT2D eigenvalue weighted by atomic mass is 14.0. The van der Waals surface area contributed by atoms with Crippen LogP contribution in [-0.4, -0.2) is 0 Å². The van der Waals surface area contributed by atoms with Crippen LogP contribution in [0.1, 0.15) is 116 Å². The monoisotopic (exact) mass is 293 g/mol. The molecule has 0 aromatic heterocycles. The fourth-order valence-corrected chi connectivity index (χ4v) is 2.84. The molecule has 0 aromatic carbocycles. The van der Waals surface area contributed by atoms with Crippen LogP contribution in [0.2, 0.25) is 0 Å². The SMILES string of the molecule is [CH2]CCCCCCCCCCCCCCCCC=CCC. The predicted molar refractivity (Wildman–Crippen MR) is 98.7 cm³/mol. The van der Waals surface area contributed by atoms with Crippen molar-refractivity contribution >= 4 is 0 Å². The van der Waals surface area contributed by atoms with Crippen molar-refractivity contribution in [2.45, 2.75) is 116 Å². The minimum atomic E-state index is 1.12. The Balaban J connectivity index is 2.95. The van der Waals surface area contributed by atoms with Gasteiger partial charge in [-0.25, -0.2) is 0 Å². The lowest BCUT2D eigenvalue weighted by Crippen LogP contribution is -1.83. The first-order valence-electron chi connectivity index (χ1n) is 9.86. The summed E-state index contributed by atoms with van der Waals surface area (Å²) in [5, 5.41) is 0. The van der Waals surface area contributed by atoms with Crippen LogP contribution in [0.15, 0.2) is 12.2 Å². The van der Waals surface area contributed by atoms with Gasteiger partial charge in [-0.15, -0.1) is 0 Å². The first-order valence-corrected chi connectivity index (χ1v) is 9.86. The second-order valence-electron chi connectivity index (χ2n) is 6.47. The first kappa shape index (κ1) is 20.7. The molecule has 0 saturated carbocycles. The van der Waals surface area contributed by atoms with Gasteiger partial charge in [0.25, 0.3) is 0 Å². The molecule has 1 radical (unpaired) electrons. The molecule has 0 fully saturated rings. The molecule has 0 heteroatoms. The smallest absolute Gasteiger partial charge is 0.0351 e. The highest BCUT2D eigenvalue weighted by Crippen LogP contribution is 2.13. The van der Waals surface area contributed by atoms with Crippen molar-refractivity contribution in [1.82, 2.24) is 0 Å². The Labute approximate surface area is 135 Å². The summed E-state index contributed by atoms with van der Waals surface area (Å²) in [4.78, 5) is 0. The van der Waals surface area contributed by atoms with E-state index in [0.717, 1.165) is 6.42 Å². The van der Waals surface area contributed by atoms with Gasteiger partial charge in [0.05, 0.1) is 0 Å². The summed E-state index contributed by atoms with van der Waals surface area (Å²) < 4.78 is 0. The topological polar surface area (TPSA) is 0 Å². The van der Waals surface area contributed by atoms with E-state index >= 15 is 0 Å². The summed E-state index contributed by atoms with van der Waals surface area (Å²) in [6.07, 6.45) is 28.4. The summed E-state index contributed by atoms with van der Waals surface area (Å²) in [6.45, 7) is 6.10. The van der Waals surface area contributed by atoms with E-state index in [1.807, 2.05) is 0 Å². The zero-order valence-corrected chi connectivity index (χ0v) is 14.9. The predicted octanol–water partition coefficient (Wildman–Crippen LogP) is 8.03. The third-order valence-corrected chi connectivity index (χ3v) is 4.27.